The minimum Gasteiger partial charge on any atom is -0.449 e. The molecule has 40 heavy (non-hydrogen) atoms. The van der Waals surface area contributed by atoms with Crippen LogP contribution in [-0.2, 0) is 20.7 Å². The molecule has 0 radical (unpaired) electrons. The fourth-order valence-corrected chi connectivity index (χ4v) is 9.81. The maximum absolute atomic E-state index is 13.6. The van der Waals surface area contributed by atoms with Gasteiger partial charge in [-0.25, -0.2) is 9.07 Å². The van der Waals surface area contributed by atoms with Crippen LogP contribution in [0, 0.1) is 39.8 Å². The van der Waals surface area contributed by atoms with Gasteiger partial charge in [-0.05, 0) is 99.1 Å². The number of allylic oxidation sites excluding steroid dienone is 1. The fourth-order valence-electron chi connectivity index (χ4n) is 9.40. The van der Waals surface area contributed by atoms with Crippen molar-refractivity contribution in [2.24, 2.45) is 34.0 Å². The highest BCUT2D eigenvalue weighted by Gasteiger charge is 2.73. The first-order chi connectivity index (χ1) is 18.9. The molecule has 1 aromatic carbocycles. The third kappa shape index (κ3) is 3.29. The highest BCUT2D eigenvalue weighted by Crippen LogP contribution is 2.73. The van der Waals surface area contributed by atoms with Crippen LogP contribution in [-0.4, -0.2) is 37.7 Å². The number of fused-ring (bicyclic) bond motifs is 6. The molecule has 6 nitrogen and oxygen atoms in total. The molecule has 0 spiro atoms. The Hall–Kier alpha value is -2.45. The van der Waals surface area contributed by atoms with Gasteiger partial charge >= 0.3 is 5.97 Å². The van der Waals surface area contributed by atoms with Crippen molar-refractivity contribution in [2.45, 2.75) is 83.8 Å². The smallest absolute Gasteiger partial charge is 0.309 e. The van der Waals surface area contributed by atoms with Gasteiger partial charge < -0.3 is 9.84 Å². The van der Waals surface area contributed by atoms with Crippen LogP contribution in [0.15, 0.2) is 36.0 Å². The lowest BCUT2D eigenvalue weighted by Gasteiger charge is -2.66. The Balaban J connectivity index is 1.26. The van der Waals surface area contributed by atoms with Crippen molar-refractivity contribution in [3.8, 4) is 5.69 Å². The molecule has 8 heteroatoms. The van der Waals surface area contributed by atoms with Crippen LogP contribution in [0.1, 0.15) is 77.0 Å². The summed E-state index contributed by atoms with van der Waals surface area (Å²) < 4.78 is 21.6. The van der Waals surface area contributed by atoms with Gasteiger partial charge in [-0.3, -0.25) is 9.59 Å². The van der Waals surface area contributed by atoms with E-state index in [-0.39, 0.29) is 40.1 Å². The number of benzene rings is 1. The first-order valence-corrected chi connectivity index (χ1v) is 15.1. The zero-order valence-corrected chi connectivity index (χ0v) is 24.2. The second-order valence-electron chi connectivity index (χ2n) is 13.7. The van der Waals surface area contributed by atoms with Crippen molar-refractivity contribution < 1.29 is 23.8 Å². The molecule has 1 unspecified atom stereocenters. The molecule has 4 saturated carbocycles. The summed E-state index contributed by atoms with van der Waals surface area (Å²) in [6.45, 7) is 6.58. The lowest BCUT2D eigenvalue weighted by atomic mass is 9.39. The Morgan fingerprint density at radius 2 is 1.82 bits per heavy atom. The zero-order valence-electron chi connectivity index (χ0n) is 23.3. The largest absolute Gasteiger partial charge is 0.449 e. The molecule has 2 aromatic rings. The van der Waals surface area contributed by atoms with E-state index in [0.717, 1.165) is 55.5 Å². The number of aliphatic hydroxyl groups is 1. The van der Waals surface area contributed by atoms with Crippen molar-refractivity contribution in [2.75, 3.05) is 0 Å². The number of carbonyl (C=O) groups is 2. The van der Waals surface area contributed by atoms with E-state index in [4.69, 9.17) is 4.74 Å². The van der Waals surface area contributed by atoms with Crippen LogP contribution in [0.2, 0.25) is 0 Å². The number of rotatable bonds is 4. The van der Waals surface area contributed by atoms with E-state index >= 15 is 0 Å². The summed E-state index contributed by atoms with van der Waals surface area (Å²) in [5.74, 6) is -0.388. The minimum absolute atomic E-state index is 0.112. The van der Waals surface area contributed by atoms with E-state index in [1.165, 1.54) is 17.7 Å². The van der Waals surface area contributed by atoms with Gasteiger partial charge in [0.25, 0.3) is 0 Å². The predicted molar refractivity (Wildman–Crippen MR) is 151 cm³/mol. The van der Waals surface area contributed by atoms with Crippen LogP contribution >= 0.6 is 12.6 Å². The van der Waals surface area contributed by atoms with Crippen LogP contribution in [0.5, 0.6) is 0 Å². The number of aliphatic hydroxyl groups excluding tert-OH is 1. The van der Waals surface area contributed by atoms with Crippen LogP contribution in [0.4, 0.5) is 4.39 Å². The Labute approximate surface area is 239 Å². The van der Waals surface area contributed by atoms with Gasteiger partial charge in [-0.1, -0.05) is 26.3 Å². The first kappa shape index (κ1) is 26.4. The topological polar surface area (TPSA) is 81.4 Å². The Morgan fingerprint density at radius 1 is 1.10 bits per heavy atom. The summed E-state index contributed by atoms with van der Waals surface area (Å²) in [5, 5.41) is 16.4. The SMILES string of the molecule is C[C@]12[C@@H](O)C[C@@]3(C)C(CC[C@]3(OC(=O)C3CC3)C(=O)S)[C@@H]1CCC1=Cc3c(cnn3-c3ccc(F)cc3)C[C@@]12C. The summed E-state index contributed by atoms with van der Waals surface area (Å²) >= 11 is 4.31. The molecule has 212 valence electrons. The van der Waals surface area contributed by atoms with Crippen molar-refractivity contribution >= 4 is 29.8 Å². The number of halogens is 1. The molecule has 1 N–H and O–H groups in total. The number of esters is 1. The van der Waals surface area contributed by atoms with E-state index in [2.05, 4.69) is 44.6 Å². The van der Waals surface area contributed by atoms with E-state index in [1.54, 1.807) is 12.1 Å². The van der Waals surface area contributed by atoms with Gasteiger partial charge in [-0.15, -0.1) is 12.6 Å². The number of hydrogen-bond donors (Lipinski definition) is 2. The van der Waals surface area contributed by atoms with Gasteiger partial charge in [0.1, 0.15) is 5.82 Å². The van der Waals surface area contributed by atoms with Gasteiger partial charge in [0.05, 0.1) is 29.6 Å². The molecule has 7 atom stereocenters. The number of aromatic nitrogens is 2. The molecule has 1 aromatic heterocycles. The molecule has 4 fully saturated rings. The van der Waals surface area contributed by atoms with Gasteiger partial charge in [0.15, 0.2) is 5.60 Å². The summed E-state index contributed by atoms with van der Waals surface area (Å²) in [5.41, 5.74) is 1.54. The quantitative estimate of drug-likeness (QED) is 0.368. The maximum atomic E-state index is 13.6. The van der Waals surface area contributed by atoms with Crippen LogP contribution in [0.25, 0.3) is 11.8 Å². The molecule has 7 rings (SSSR count). The zero-order chi connectivity index (χ0) is 28.2. The molecular formula is C32H37FN2O4S. The predicted octanol–water partition coefficient (Wildman–Crippen LogP) is 5.70. The summed E-state index contributed by atoms with van der Waals surface area (Å²) in [6, 6.07) is 6.38. The number of hydrogen-bond acceptors (Lipinski definition) is 5. The van der Waals surface area contributed by atoms with Gasteiger partial charge in [0.2, 0.25) is 5.12 Å². The highest BCUT2D eigenvalue weighted by molar-refractivity contribution is 7.96. The van der Waals surface area contributed by atoms with Gasteiger partial charge in [0, 0.05) is 16.2 Å². The average molecular weight is 565 g/mol. The highest BCUT2D eigenvalue weighted by atomic mass is 32.1. The molecule has 5 aliphatic carbocycles. The molecule has 1 heterocycles. The number of ether oxygens (including phenoxy) is 1. The Bertz CT molecular complexity index is 1450. The number of nitrogens with zero attached hydrogens (tertiary/aromatic N) is 2. The average Bonchev–Trinajstić information content (AvgIpc) is 3.63. The first-order valence-electron chi connectivity index (χ1n) is 14.6. The number of thiol groups is 1. The lowest BCUT2D eigenvalue weighted by Crippen LogP contribution is -2.66. The summed E-state index contributed by atoms with van der Waals surface area (Å²) in [6.07, 6.45) is 9.22. The second kappa shape index (κ2) is 8.54. The Kier molecular flexibility index (Phi) is 5.65. The third-order valence-electron chi connectivity index (χ3n) is 12.1. The normalized spacial score (nSPS) is 39.9. The van der Waals surface area contributed by atoms with Crippen molar-refractivity contribution in [1.29, 1.82) is 0 Å². The van der Waals surface area contributed by atoms with E-state index in [9.17, 15) is 19.1 Å². The molecule has 0 aliphatic heterocycles. The standard InChI is InChI=1S/C32H37FN2O4S/c1-29-15-19-17-34-35(22-9-7-21(33)8-10-22)25(19)14-20(29)6-11-24-23-12-13-32(28(38)40,39-27(37)18-4-5-18)30(23,2)16-26(36)31(24,29)3/h7-10,14,17-18,23-24,26,36H,4-6,11-13,15-16H2,1-3H3,(H,38,40)/t23?,24-,26-,29-,30-,31+,32-/m0/s1. The molecule has 0 bridgehead atoms. The monoisotopic (exact) mass is 564 g/mol. The van der Waals surface area contributed by atoms with Crippen LogP contribution < -0.4 is 0 Å². The number of carbonyl (C=O) groups excluding carboxylic acids is 2. The van der Waals surface area contributed by atoms with Crippen molar-refractivity contribution in [3.63, 3.8) is 0 Å². The maximum Gasteiger partial charge on any atom is 0.309 e. The van der Waals surface area contributed by atoms with E-state index in [1.807, 2.05) is 10.9 Å². The van der Waals surface area contributed by atoms with Crippen molar-refractivity contribution in [3.05, 3.63) is 53.1 Å². The van der Waals surface area contributed by atoms with Crippen LogP contribution in [0.3, 0.4) is 0 Å². The summed E-state index contributed by atoms with van der Waals surface area (Å²) in [4.78, 5) is 26.1. The van der Waals surface area contributed by atoms with Gasteiger partial charge in [-0.2, -0.15) is 5.10 Å². The third-order valence-corrected chi connectivity index (χ3v) is 12.4. The molecule has 5 aliphatic rings. The molecule has 0 amide bonds. The molecule has 0 saturated heterocycles. The summed E-state index contributed by atoms with van der Waals surface area (Å²) in [7, 11) is 0. The van der Waals surface area contributed by atoms with E-state index < -0.39 is 22.5 Å². The second-order valence-corrected chi connectivity index (χ2v) is 14.1. The van der Waals surface area contributed by atoms with E-state index in [0.29, 0.717) is 12.8 Å². The fraction of sp³-hybridized carbons (Fsp3) is 0.594. The minimum atomic E-state index is -1.30. The lowest BCUT2D eigenvalue weighted by molar-refractivity contribution is -0.219. The Morgan fingerprint density at radius 3 is 2.50 bits per heavy atom. The molecular weight excluding hydrogens is 527 g/mol. The van der Waals surface area contributed by atoms with Crippen molar-refractivity contribution in [1.82, 2.24) is 9.78 Å².